The number of nitrogens with zero attached hydrogens (tertiary/aromatic N) is 1. The molecule has 3 heteroatoms. The van der Waals surface area contributed by atoms with E-state index in [2.05, 4.69) is 45.3 Å². The molecule has 0 saturated heterocycles. The number of rotatable bonds is 1. The molecule has 0 saturated carbocycles. The topological polar surface area (TPSA) is 12.4 Å². The van der Waals surface area contributed by atoms with Crippen LogP contribution >= 0.6 is 24.4 Å². The second-order valence-electron chi connectivity index (χ2n) is 3.24. The van der Waals surface area contributed by atoms with Crippen molar-refractivity contribution in [2.24, 2.45) is 4.99 Å². The first-order chi connectivity index (χ1) is 4.96. The fourth-order valence-corrected chi connectivity index (χ4v) is 2.68. The van der Waals surface area contributed by atoms with Gasteiger partial charge in [0.1, 0.15) is 4.87 Å². The van der Waals surface area contributed by atoms with E-state index in [9.17, 15) is 0 Å². The molecule has 0 spiro atoms. The molecule has 0 bridgehead atoms. The first kappa shape index (κ1) is 9.46. The van der Waals surface area contributed by atoms with Crippen molar-refractivity contribution in [3.8, 4) is 0 Å². The molecule has 0 unspecified atom stereocenters. The Bertz CT molecular complexity index is 189. The summed E-state index contributed by atoms with van der Waals surface area (Å²) >= 11 is 6.34. The Hall–Kier alpha value is 0.370. The van der Waals surface area contributed by atoms with Gasteiger partial charge in [0.2, 0.25) is 0 Å². The van der Waals surface area contributed by atoms with Crippen molar-refractivity contribution in [3.63, 3.8) is 0 Å². The number of thiol groups is 1. The summed E-state index contributed by atoms with van der Waals surface area (Å²) in [7, 11) is 0. The van der Waals surface area contributed by atoms with Crippen LogP contribution in [-0.2, 0) is 0 Å². The van der Waals surface area contributed by atoms with E-state index in [0.29, 0.717) is 10.5 Å². The lowest BCUT2D eigenvalue weighted by Gasteiger charge is -2.24. The van der Waals surface area contributed by atoms with Crippen LogP contribution in [0.25, 0.3) is 0 Å². The molecule has 1 nitrogen and oxygen atoms in total. The van der Waals surface area contributed by atoms with E-state index in [4.69, 9.17) is 0 Å². The van der Waals surface area contributed by atoms with E-state index >= 15 is 0 Å². The number of hydrogen-bond donors (Lipinski definition) is 1. The van der Waals surface area contributed by atoms with Crippen LogP contribution in [0.2, 0.25) is 0 Å². The van der Waals surface area contributed by atoms with E-state index < -0.39 is 0 Å². The molecule has 0 amide bonds. The molecule has 1 rings (SSSR count). The first-order valence-corrected chi connectivity index (χ1v) is 5.27. The van der Waals surface area contributed by atoms with Crippen molar-refractivity contribution in [1.82, 2.24) is 0 Å². The summed E-state index contributed by atoms with van der Waals surface area (Å²) in [5, 5.41) is 0.891. The molecule has 0 fully saturated rings. The second-order valence-corrected chi connectivity index (χ2v) is 5.79. The molecule has 0 N–H and O–H groups in total. The number of thioether (sulfide) groups is 1. The van der Waals surface area contributed by atoms with Gasteiger partial charge >= 0.3 is 0 Å². The zero-order valence-corrected chi connectivity index (χ0v) is 9.17. The van der Waals surface area contributed by atoms with Gasteiger partial charge in [-0.2, -0.15) is 12.6 Å². The fraction of sp³-hybridized carbons (Fsp3) is 0.875. The lowest BCUT2D eigenvalue weighted by Crippen LogP contribution is -2.25. The fourth-order valence-electron chi connectivity index (χ4n) is 1.10. The summed E-state index contributed by atoms with van der Waals surface area (Å²) in [6.45, 7) is 8.55. The Balaban J connectivity index is 2.79. The van der Waals surface area contributed by atoms with E-state index in [1.165, 1.54) is 5.71 Å². The van der Waals surface area contributed by atoms with Crippen molar-refractivity contribution in [2.75, 3.05) is 0 Å². The molecule has 64 valence electrons. The van der Waals surface area contributed by atoms with Crippen molar-refractivity contribution in [2.45, 2.75) is 43.1 Å². The van der Waals surface area contributed by atoms with Crippen molar-refractivity contribution in [1.29, 1.82) is 0 Å². The van der Waals surface area contributed by atoms with Gasteiger partial charge in [0.15, 0.2) is 0 Å². The molecule has 3 atom stereocenters. The van der Waals surface area contributed by atoms with Crippen LogP contribution in [0.15, 0.2) is 4.99 Å². The van der Waals surface area contributed by atoms with Crippen LogP contribution in [-0.4, -0.2) is 21.1 Å². The van der Waals surface area contributed by atoms with Crippen molar-refractivity contribution >= 4 is 30.1 Å². The highest BCUT2D eigenvalue weighted by Gasteiger charge is 2.36. The summed E-state index contributed by atoms with van der Waals surface area (Å²) in [5.74, 6) is 0. The van der Waals surface area contributed by atoms with Gasteiger partial charge in [-0.3, -0.25) is 4.99 Å². The highest BCUT2D eigenvalue weighted by Crippen LogP contribution is 2.41. The van der Waals surface area contributed by atoms with Crippen molar-refractivity contribution < 1.29 is 0 Å². The molecule has 1 heterocycles. The second kappa shape index (κ2) is 3.02. The number of aliphatic imine (C=N–C) groups is 1. The van der Waals surface area contributed by atoms with E-state index in [1.54, 1.807) is 0 Å². The zero-order valence-electron chi connectivity index (χ0n) is 7.46. The zero-order chi connectivity index (χ0) is 8.65. The molecule has 0 aromatic rings. The summed E-state index contributed by atoms with van der Waals surface area (Å²) < 4.78 is 0. The standard InChI is InChI=1S/C8H15NS2/c1-5-6(2)11-8(4,9-5)7(3)10/h6-7,10H,1-4H3/t6-,7-,8-/m1/s1. The van der Waals surface area contributed by atoms with Gasteiger partial charge in [-0.15, -0.1) is 11.8 Å². The summed E-state index contributed by atoms with van der Waals surface area (Å²) in [6, 6.07) is 0. The van der Waals surface area contributed by atoms with Gasteiger partial charge in [-0.05, 0) is 20.8 Å². The largest absolute Gasteiger partial charge is 0.275 e. The Morgan fingerprint density at radius 2 is 2.27 bits per heavy atom. The average molecular weight is 189 g/mol. The third kappa shape index (κ3) is 1.75. The Labute approximate surface area is 78.5 Å². The molecular weight excluding hydrogens is 174 g/mol. The lowest BCUT2D eigenvalue weighted by molar-refractivity contribution is 0.682. The molecule has 0 aromatic heterocycles. The molecular formula is C8H15NS2. The Morgan fingerprint density at radius 3 is 2.45 bits per heavy atom. The predicted molar refractivity (Wildman–Crippen MR) is 57.0 cm³/mol. The quantitative estimate of drug-likeness (QED) is 0.625. The maximum absolute atomic E-state index is 4.60. The summed E-state index contributed by atoms with van der Waals surface area (Å²) in [4.78, 5) is 4.61. The van der Waals surface area contributed by atoms with Gasteiger partial charge in [0.25, 0.3) is 0 Å². The minimum absolute atomic E-state index is 0.00656. The Morgan fingerprint density at radius 1 is 1.73 bits per heavy atom. The van der Waals surface area contributed by atoms with Crippen LogP contribution in [0.3, 0.4) is 0 Å². The lowest BCUT2D eigenvalue weighted by atomic mass is 10.2. The molecule has 1 aliphatic heterocycles. The highest BCUT2D eigenvalue weighted by atomic mass is 32.2. The summed E-state index contributed by atoms with van der Waals surface area (Å²) in [6.07, 6.45) is 0. The SMILES string of the molecule is CC1=N[C@@](C)([C@@H](C)S)S[C@@H]1C. The van der Waals surface area contributed by atoms with Crippen LogP contribution in [0.5, 0.6) is 0 Å². The minimum Gasteiger partial charge on any atom is -0.275 e. The smallest absolute Gasteiger partial charge is 0.115 e. The maximum atomic E-state index is 4.60. The number of hydrogen-bond acceptors (Lipinski definition) is 3. The third-order valence-corrected chi connectivity index (χ3v) is 4.47. The summed E-state index contributed by atoms with van der Waals surface area (Å²) in [5.41, 5.74) is 1.25. The maximum Gasteiger partial charge on any atom is 0.115 e. The van der Waals surface area contributed by atoms with Crippen LogP contribution in [0.1, 0.15) is 27.7 Å². The van der Waals surface area contributed by atoms with Gasteiger partial charge in [-0.1, -0.05) is 6.92 Å². The van der Waals surface area contributed by atoms with Gasteiger partial charge in [0, 0.05) is 16.2 Å². The first-order valence-electron chi connectivity index (χ1n) is 3.88. The molecule has 1 aliphatic rings. The van der Waals surface area contributed by atoms with Crippen LogP contribution in [0, 0.1) is 0 Å². The predicted octanol–water partition coefficient (Wildman–Crippen LogP) is 2.62. The van der Waals surface area contributed by atoms with E-state index in [0.717, 1.165) is 0 Å². The van der Waals surface area contributed by atoms with Gasteiger partial charge < -0.3 is 0 Å². The average Bonchev–Trinajstić information content (AvgIpc) is 2.09. The third-order valence-electron chi connectivity index (χ3n) is 2.18. The van der Waals surface area contributed by atoms with Crippen molar-refractivity contribution in [3.05, 3.63) is 0 Å². The molecule has 11 heavy (non-hydrogen) atoms. The van der Waals surface area contributed by atoms with E-state index in [-0.39, 0.29) is 4.87 Å². The minimum atomic E-state index is 0.00656. The molecule has 0 aromatic carbocycles. The van der Waals surface area contributed by atoms with Gasteiger partial charge in [0.05, 0.1) is 0 Å². The van der Waals surface area contributed by atoms with Crippen LogP contribution < -0.4 is 0 Å². The Kier molecular flexibility index (Phi) is 2.59. The van der Waals surface area contributed by atoms with Gasteiger partial charge in [-0.25, -0.2) is 0 Å². The molecule has 0 aliphatic carbocycles. The van der Waals surface area contributed by atoms with E-state index in [1.807, 2.05) is 11.8 Å². The highest BCUT2D eigenvalue weighted by molar-refractivity contribution is 8.03. The normalized spacial score (nSPS) is 40.5. The monoisotopic (exact) mass is 189 g/mol. The molecule has 0 radical (unpaired) electrons. The van der Waals surface area contributed by atoms with Crippen LogP contribution in [0.4, 0.5) is 0 Å².